The second-order valence-electron chi connectivity index (χ2n) is 6.97. The number of fused-ring (bicyclic) bond motifs is 1. The fourth-order valence-electron chi connectivity index (χ4n) is 3.71. The smallest absolute Gasteiger partial charge is 0.230 e. The van der Waals surface area contributed by atoms with Crippen LogP contribution in [0.4, 0.5) is 0 Å². The first kappa shape index (κ1) is 17.1. The van der Waals surface area contributed by atoms with Gasteiger partial charge in [-0.3, -0.25) is 14.8 Å². The van der Waals surface area contributed by atoms with Crippen LogP contribution in [0, 0.1) is 6.92 Å². The van der Waals surface area contributed by atoms with Crippen molar-refractivity contribution in [3.05, 3.63) is 54.0 Å². The van der Waals surface area contributed by atoms with Crippen LogP contribution in [0.1, 0.15) is 17.3 Å². The molecule has 0 aliphatic carbocycles. The third-order valence-corrected chi connectivity index (χ3v) is 5.02. The lowest BCUT2D eigenvalue weighted by atomic mass is 10.1. The zero-order valence-corrected chi connectivity index (χ0v) is 15.0. The molecule has 1 aliphatic heterocycles. The number of aromatic nitrogens is 3. The Balaban J connectivity index is 1.44. The van der Waals surface area contributed by atoms with Crippen LogP contribution < -0.4 is 0 Å². The van der Waals surface area contributed by atoms with Crippen molar-refractivity contribution in [2.45, 2.75) is 32.2 Å². The number of pyridine rings is 1. The lowest BCUT2D eigenvalue weighted by Gasteiger charge is -2.25. The summed E-state index contributed by atoms with van der Waals surface area (Å²) >= 11 is 0. The van der Waals surface area contributed by atoms with Gasteiger partial charge in [0.1, 0.15) is 0 Å². The highest BCUT2D eigenvalue weighted by molar-refractivity contribution is 5.84. The molecule has 3 aromatic rings. The van der Waals surface area contributed by atoms with Crippen molar-refractivity contribution in [2.75, 3.05) is 20.1 Å². The minimum atomic E-state index is -0.402. The first-order chi connectivity index (χ1) is 12.6. The molecule has 3 heterocycles. The third kappa shape index (κ3) is 3.46. The van der Waals surface area contributed by atoms with Gasteiger partial charge in [-0.2, -0.15) is 0 Å². The van der Waals surface area contributed by atoms with Gasteiger partial charge in [0, 0.05) is 50.4 Å². The van der Waals surface area contributed by atoms with Crippen LogP contribution in [-0.4, -0.2) is 62.4 Å². The predicted octanol–water partition coefficient (Wildman–Crippen LogP) is 1.60. The van der Waals surface area contributed by atoms with E-state index in [-0.39, 0.29) is 6.04 Å². The molecule has 0 amide bonds. The lowest BCUT2D eigenvalue weighted by molar-refractivity contribution is 0.0899. The number of nitrogens with zero attached hydrogens (tertiary/aromatic N) is 5. The van der Waals surface area contributed by atoms with Crippen molar-refractivity contribution < 1.29 is 9.52 Å². The molecule has 0 unspecified atom stereocenters. The van der Waals surface area contributed by atoms with Crippen LogP contribution in [0.5, 0.6) is 0 Å². The normalized spacial score (nSPS) is 21.1. The number of rotatable bonds is 5. The van der Waals surface area contributed by atoms with Gasteiger partial charge in [-0.15, -0.1) is 10.2 Å². The van der Waals surface area contributed by atoms with E-state index < -0.39 is 6.10 Å². The number of aliphatic hydroxyl groups excluding tert-OH is 1. The largest absolute Gasteiger partial charge is 0.424 e. The van der Waals surface area contributed by atoms with Crippen molar-refractivity contribution in [2.24, 2.45) is 0 Å². The molecule has 26 heavy (non-hydrogen) atoms. The molecule has 7 nitrogen and oxygen atoms in total. The topological polar surface area (TPSA) is 78.5 Å². The van der Waals surface area contributed by atoms with E-state index in [1.165, 1.54) is 10.9 Å². The summed E-state index contributed by atoms with van der Waals surface area (Å²) < 4.78 is 5.45. The number of hydrogen-bond acceptors (Lipinski definition) is 7. The fraction of sp³-hybridized carbons (Fsp3) is 0.421. The van der Waals surface area contributed by atoms with Crippen LogP contribution in [0.3, 0.4) is 0 Å². The first-order valence-electron chi connectivity index (χ1n) is 8.81. The molecule has 0 saturated carbocycles. The van der Waals surface area contributed by atoms with E-state index in [4.69, 9.17) is 4.42 Å². The number of likely N-dealkylation sites (N-methyl/N-ethyl adjacent to an activating group) is 1. The third-order valence-electron chi connectivity index (χ3n) is 5.02. The maximum absolute atomic E-state index is 10.5. The average molecular weight is 353 g/mol. The van der Waals surface area contributed by atoms with E-state index in [0.29, 0.717) is 24.9 Å². The van der Waals surface area contributed by atoms with Crippen molar-refractivity contribution in [1.29, 1.82) is 0 Å². The molecule has 1 aromatic carbocycles. The summed E-state index contributed by atoms with van der Waals surface area (Å²) in [5.74, 6) is 1.14. The van der Waals surface area contributed by atoms with Crippen molar-refractivity contribution in [1.82, 2.24) is 25.0 Å². The van der Waals surface area contributed by atoms with Gasteiger partial charge in [0.05, 0.1) is 12.6 Å². The molecular formula is C19H23N5O2. The summed E-state index contributed by atoms with van der Waals surface area (Å²) in [6.07, 6.45) is 3.31. The van der Waals surface area contributed by atoms with E-state index >= 15 is 0 Å². The van der Waals surface area contributed by atoms with Gasteiger partial charge in [-0.1, -0.05) is 18.2 Å². The number of β-amino-alcohol motifs (C(OH)–C–C–N with tert-alkyl or cyclic N) is 1. The minimum absolute atomic E-state index is 0.0406. The van der Waals surface area contributed by atoms with Gasteiger partial charge in [-0.05, 0) is 24.1 Å². The molecule has 1 N–H and O–H groups in total. The molecular weight excluding hydrogens is 330 g/mol. The Morgan fingerprint density at radius 2 is 2.15 bits per heavy atom. The minimum Gasteiger partial charge on any atom is -0.424 e. The van der Waals surface area contributed by atoms with Crippen molar-refractivity contribution in [3.8, 4) is 0 Å². The van der Waals surface area contributed by atoms with Crippen LogP contribution in [0.2, 0.25) is 0 Å². The summed E-state index contributed by atoms with van der Waals surface area (Å²) in [6, 6.07) is 8.38. The van der Waals surface area contributed by atoms with E-state index in [1.54, 1.807) is 6.92 Å². The summed E-state index contributed by atoms with van der Waals surface area (Å²) in [5, 5.41) is 20.8. The molecule has 136 valence electrons. The molecule has 0 radical (unpaired) electrons. The van der Waals surface area contributed by atoms with E-state index in [2.05, 4.69) is 49.2 Å². The second-order valence-corrected chi connectivity index (χ2v) is 6.97. The second kappa shape index (κ2) is 7.11. The van der Waals surface area contributed by atoms with E-state index in [0.717, 1.165) is 18.5 Å². The molecule has 1 fully saturated rings. The van der Waals surface area contributed by atoms with Crippen molar-refractivity contribution >= 4 is 10.8 Å². The number of hydrogen-bond donors (Lipinski definition) is 1. The Hall–Kier alpha value is -2.35. The number of aliphatic hydroxyl groups is 1. The molecule has 2 aromatic heterocycles. The highest BCUT2D eigenvalue weighted by Crippen LogP contribution is 2.23. The molecule has 1 aliphatic rings. The summed E-state index contributed by atoms with van der Waals surface area (Å²) in [5.41, 5.74) is 1.26. The van der Waals surface area contributed by atoms with Gasteiger partial charge >= 0.3 is 0 Å². The Bertz CT molecular complexity index is 891. The molecule has 1 saturated heterocycles. The van der Waals surface area contributed by atoms with Gasteiger partial charge < -0.3 is 9.52 Å². The fourth-order valence-corrected chi connectivity index (χ4v) is 3.71. The first-order valence-corrected chi connectivity index (χ1v) is 8.81. The highest BCUT2D eigenvalue weighted by atomic mass is 16.4. The van der Waals surface area contributed by atoms with Gasteiger partial charge in [0.15, 0.2) is 0 Å². The zero-order chi connectivity index (χ0) is 18.1. The highest BCUT2D eigenvalue weighted by Gasteiger charge is 2.34. The zero-order valence-electron chi connectivity index (χ0n) is 15.0. The molecule has 2 atom stereocenters. The molecule has 0 bridgehead atoms. The van der Waals surface area contributed by atoms with Crippen LogP contribution in [0.25, 0.3) is 10.8 Å². The Morgan fingerprint density at radius 1 is 1.27 bits per heavy atom. The van der Waals surface area contributed by atoms with Gasteiger partial charge in [0.25, 0.3) is 0 Å². The summed E-state index contributed by atoms with van der Waals surface area (Å²) in [4.78, 5) is 8.57. The molecule has 0 spiro atoms. The Labute approximate surface area is 152 Å². The number of benzene rings is 1. The maximum atomic E-state index is 10.5. The van der Waals surface area contributed by atoms with Crippen LogP contribution in [-0.2, 0) is 13.1 Å². The summed E-state index contributed by atoms with van der Waals surface area (Å²) in [7, 11) is 1.99. The van der Waals surface area contributed by atoms with Crippen LogP contribution >= 0.6 is 0 Å². The predicted molar refractivity (Wildman–Crippen MR) is 97.3 cm³/mol. The maximum Gasteiger partial charge on any atom is 0.230 e. The SMILES string of the molecule is Cc1nnc(CN(C)[C@@H]2CN(Cc3cccc4cnccc34)C[C@H]2O)o1. The van der Waals surface area contributed by atoms with Crippen LogP contribution in [0.15, 0.2) is 41.1 Å². The Morgan fingerprint density at radius 3 is 2.96 bits per heavy atom. The van der Waals surface area contributed by atoms with Gasteiger partial charge in [-0.25, -0.2) is 0 Å². The van der Waals surface area contributed by atoms with Crippen molar-refractivity contribution in [3.63, 3.8) is 0 Å². The standard InChI is InChI=1S/C19H23N5O2/c1-13-21-22-19(26-13)12-23(2)17-10-24(11-18(17)25)9-15-5-3-4-14-8-20-7-6-16(14)15/h3-8,17-18,25H,9-12H2,1-2H3/t17-,18-/m1/s1. The quantitative estimate of drug-likeness (QED) is 0.746. The average Bonchev–Trinajstić information content (AvgIpc) is 3.20. The Kier molecular flexibility index (Phi) is 4.67. The lowest BCUT2D eigenvalue weighted by Crippen LogP contribution is -2.40. The van der Waals surface area contributed by atoms with E-state index in [9.17, 15) is 5.11 Å². The monoisotopic (exact) mass is 353 g/mol. The molecule has 7 heteroatoms. The number of aryl methyl sites for hydroxylation is 1. The van der Waals surface area contributed by atoms with E-state index in [1.807, 2.05) is 19.4 Å². The number of likely N-dealkylation sites (tertiary alicyclic amines) is 1. The molecule has 4 rings (SSSR count). The van der Waals surface area contributed by atoms with Gasteiger partial charge in [0.2, 0.25) is 11.8 Å². The summed E-state index contributed by atoms with van der Waals surface area (Å²) in [6.45, 7) is 4.58.